The van der Waals surface area contributed by atoms with Gasteiger partial charge in [0.1, 0.15) is 0 Å². The van der Waals surface area contributed by atoms with Gasteiger partial charge in [0, 0.05) is 30.9 Å². The predicted octanol–water partition coefficient (Wildman–Crippen LogP) is 0.868. The van der Waals surface area contributed by atoms with Crippen LogP contribution in [0.25, 0.3) is 0 Å². The average molecular weight is 248 g/mol. The maximum Gasteiger partial charge on any atom is 0.239 e. The zero-order chi connectivity index (χ0) is 12.4. The fourth-order valence-electron chi connectivity index (χ4n) is 3.04. The van der Waals surface area contributed by atoms with Crippen molar-refractivity contribution in [3.8, 4) is 0 Å². The highest BCUT2D eigenvalue weighted by Crippen LogP contribution is 2.26. The summed E-state index contributed by atoms with van der Waals surface area (Å²) < 4.78 is 0. The van der Waals surface area contributed by atoms with Gasteiger partial charge in [0.25, 0.3) is 0 Å². The third-order valence-electron chi connectivity index (χ3n) is 4.05. The van der Waals surface area contributed by atoms with E-state index >= 15 is 0 Å². The van der Waals surface area contributed by atoms with Crippen LogP contribution < -0.4 is 5.32 Å². The van der Waals surface area contributed by atoms with Crippen molar-refractivity contribution in [2.45, 2.75) is 37.6 Å². The zero-order valence-corrected chi connectivity index (χ0v) is 10.6. The standard InChI is InChI=1S/C13H20N4O/c18-13(12-4-1-6-14-12)17-8-2-3-10(9-17)11-5-7-15-16-11/h5,7,10,12,14H,1-4,6,8-9H2,(H,15,16). The molecule has 3 heterocycles. The summed E-state index contributed by atoms with van der Waals surface area (Å²) in [6.45, 7) is 2.72. The molecule has 3 rings (SSSR count). The first-order chi connectivity index (χ1) is 8.84. The third kappa shape index (κ3) is 2.27. The number of carbonyl (C=O) groups excluding carboxylic acids is 1. The van der Waals surface area contributed by atoms with E-state index in [1.807, 2.05) is 11.0 Å². The summed E-state index contributed by atoms with van der Waals surface area (Å²) in [7, 11) is 0. The fraction of sp³-hybridized carbons (Fsp3) is 0.692. The molecule has 0 aliphatic carbocycles. The number of carbonyl (C=O) groups is 1. The molecule has 1 aromatic rings. The van der Waals surface area contributed by atoms with Gasteiger partial charge in [-0.2, -0.15) is 5.10 Å². The van der Waals surface area contributed by atoms with Crippen molar-refractivity contribution in [1.82, 2.24) is 20.4 Å². The predicted molar refractivity (Wildman–Crippen MR) is 68.2 cm³/mol. The second-order valence-electron chi connectivity index (χ2n) is 5.28. The summed E-state index contributed by atoms with van der Waals surface area (Å²) in [6.07, 6.45) is 6.12. The maximum atomic E-state index is 12.4. The minimum Gasteiger partial charge on any atom is -0.341 e. The normalized spacial score (nSPS) is 28.6. The van der Waals surface area contributed by atoms with E-state index in [-0.39, 0.29) is 11.9 Å². The van der Waals surface area contributed by atoms with Gasteiger partial charge in [-0.25, -0.2) is 0 Å². The summed E-state index contributed by atoms with van der Waals surface area (Å²) in [4.78, 5) is 14.4. The van der Waals surface area contributed by atoms with Gasteiger partial charge in [-0.15, -0.1) is 0 Å². The summed E-state index contributed by atoms with van der Waals surface area (Å²) in [5.74, 6) is 0.711. The Kier molecular flexibility index (Phi) is 3.32. The molecule has 2 N–H and O–H groups in total. The Morgan fingerprint density at radius 1 is 1.39 bits per heavy atom. The lowest BCUT2D eigenvalue weighted by atomic mass is 9.94. The molecule has 0 bridgehead atoms. The quantitative estimate of drug-likeness (QED) is 0.816. The van der Waals surface area contributed by atoms with Crippen LogP contribution >= 0.6 is 0 Å². The van der Waals surface area contributed by atoms with Crippen molar-refractivity contribution >= 4 is 5.91 Å². The molecule has 2 aliphatic heterocycles. The van der Waals surface area contributed by atoms with E-state index in [0.717, 1.165) is 51.0 Å². The minimum absolute atomic E-state index is 0.0607. The number of amides is 1. The van der Waals surface area contributed by atoms with Crippen LogP contribution in [0.5, 0.6) is 0 Å². The van der Waals surface area contributed by atoms with Crippen LogP contribution in [0.3, 0.4) is 0 Å². The summed E-state index contributed by atoms with van der Waals surface area (Å²) >= 11 is 0. The molecular weight excluding hydrogens is 228 g/mol. The summed E-state index contributed by atoms with van der Waals surface area (Å²) in [5, 5.41) is 10.3. The Morgan fingerprint density at radius 2 is 2.33 bits per heavy atom. The molecule has 5 nitrogen and oxygen atoms in total. The molecule has 0 aromatic carbocycles. The molecule has 0 spiro atoms. The molecule has 2 aliphatic rings. The van der Waals surface area contributed by atoms with E-state index in [1.165, 1.54) is 0 Å². The molecule has 0 radical (unpaired) electrons. The van der Waals surface area contributed by atoms with E-state index in [4.69, 9.17) is 0 Å². The number of nitrogens with one attached hydrogen (secondary N) is 2. The smallest absolute Gasteiger partial charge is 0.239 e. The lowest BCUT2D eigenvalue weighted by Gasteiger charge is -2.33. The van der Waals surface area contributed by atoms with Crippen LogP contribution in [0.4, 0.5) is 0 Å². The molecule has 18 heavy (non-hydrogen) atoms. The molecule has 1 aromatic heterocycles. The first kappa shape index (κ1) is 11.7. The van der Waals surface area contributed by atoms with Gasteiger partial charge in [-0.1, -0.05) is 0 Å². The average Bonchev–Trinajstić information content (AvgIpc) is 3.11. The van der Waals surface area contributed by atoms with Crippen molar-refractivity contribution in [1.29, 1.82) is 0 Å². The molecule has 5 heteroatoms. The Morgan fingerprint density at radius 3 is 3.06 bits per heavy atom. The number of rotatable bonds is 2. The highest BCUT2D eigenvalue weighted by molar-refractivity contribution is 5.82. The summed E-state index contributed by atoms with van der Waals surface area (Å²) in [5.41, 5.74) is 1.16. The van der Waals surface area contributed by atoms with Gasteiger partial charge >= 0.3 is 0 Å². The SMILES string of the molecule is O=C(C1CCCN1)N1CCCC(c2ccn[nH]2)C1. The van der Waals surface area contributed by atoms with Gasteiger partial charge < -0.3 is 10.2 Å². The number of piperidine rings is 1. The lowest BCUT2D eigenvalue weighted by Crippen LogP contribution is -2.47. The lowest BCUT2D eigenvalue weighted by molar-refractivity contribution is -0.134. The van der Waals surface area contributed by atoms with Crippen LogP contribution in [0.15, 0.2) is 12.3 Å². The first-order valence-corrected chi connectivity index (χ1v) is 6.86. The number of aromatic amines is 1. The van der Waals surface area contributed by atoms with E-state index < -0.39 is 0 Å². The molecule has 2 saturated heterocycles. The number of H-pyrrole nitrogens is 1. The Balaban J connectivity index is 1.64. The second kappa shape index (κ2) is 5.10. The first-order valence-electron chi connectivity index (χ1n) is 6.86. The highest BCUT2D eigenvalue weighted by atomic mass is 16.2. The Bertz CT molecular complexity index is 397. The molecule has 98 valence electrons. The van der Waals surface area contributed by atoms with Gasteiger partial charge in [-0.3, -0.25) is 9.89 Å². The summed E-state index contributed by atoms with van der Waals surface area (Å²) in [6, 6.07) is 2.08. The van der Waals surface area contributed by atoms with Crippen LogP contribution in [0, 0.1) is 0 Å². The van der Waals surface area contributed by atoms with Gasteiger partial charge in [0.2, 0.25) is 5.91 Å². The van der Waals surface area contributed by atoms with Crippen molar-refractivity contribution in [2.75, 3.05) is 19.6 Å². The highest BCUT2D eigenvalue weighted by Gasteiger charge is 2.31. The molecular formula is C13H20N4O. The van der Waals surface area contributed by atoms with Crippen LogP contribution in [-0.4, -0.2) is 46.7 Å². The van der Waals surface area contributed by atoms with Crippen LogP contribution in [0.2, 0.25) is 0 Å². The van der Waals surface area contributed by atoms with E-state index in [2.05, 4.69) is 15.5 Å². The monoisotopic (exact) mass is 248 g/mol. The van der Waals surface area contributed by atoms with Crippen molar-refractivity contribution in [3.63, 3.8) is 0 Å². The number of likely N-dealkylation sites (tertiary alicyclic amines) is 1. The van der Waals surface area contributed by atoms with Gasteiger partial charge in [0.15, 0.2) is 0 Å². The van der Waals surface area contributed by atoms with Crippen molar-refractivity contribution < 1.29 is 4.79 Å². The molecule has 0 saturated carbocycles. The number of hydrogen-bond donors (Lipinski definition) is 2. The van der Waals surface area contributed by atoms with Crippen molar-refractivity contribution in [3.05, 3.63) is 18.0 Å². The molecule has 2 unspecified atom stereocenters. The van der Waals surface area contributed by atoms with E-state index in [1.54, 1.807) is 6.20 Å². The topological polar surface area (TPSA) is 61.0 Å². The maximum absolute atomic E-state index is 12.4. The third-order valence-corrected chi connectivity index (χ3v) is 4.05. The number of hydrogen-bond acceptors (Lipinski definition) is 3. The van der Waals surface area contributed by atoms with Gasteiger partial charge in [-0.05, 0) is 38.3 Å². The van der Waals surface area contributed by atoms with Gasteiger partial charge in [0.05, 0.1) is 6.04 Å². The Hall–Kier alpha value is -1.36. The minimum atomic E-state index is 0.0607. The molecule has 1 amide bonds. The zero-order valence-electron chi connectivity index (χ0n) is 10.6. The molecule has 2 fully saturated rings. The van der Waals surface area contributed by atoms with E-state index in [9.17, 15) is 4.79 Å². The van der Waals surface area contributed by atoms with Crippen LogP contribution in [0.1, 0.15) is 37.3 Å². The Labute approximate surface area is 107 Å². The van der Waals surface area contributed by atoms with Crippen LogP contribution in [-0.2, 0) is 4.79 Å². The second-order valence-corrected chi connectivity index (χ2v) is 5.28. The fourth-order valence-corrected chi connectivity index (χ4v) is 3.04. The number of nitrogens with zero attached hydrogens (tertiary/aromatic N) is 2. The van der Waals surface area contributed by atoms with E-state index in [0.29, 0.717) is 5.92 Å². The number of aromatic nitrogens is 2. The van der Waals surface area contributed by atoms with Crippen molar-refractivity contribution in [2.24, 2.45) is 0 Å². The largest absolute Gasteiger partial charge is 0.341 e. The molecule has 2 atom stereocenters.